The molecule has 0 aliphatic rings. The van der Waals surface area contributed by atoms with Gasteiger partial charge in [0.15, 0.2) is 0 Å². The van der Waals surface area contributed by atoms with E-state index in [9.17, 15) is 9.50 Å². The predicted octanol–water partition coefficient (Wildman–Crippen LogP) is 4.29. The van der Waals surface area contributed by atoms with Crippen LogP contribution in [0.2, 0.25) is 0 Å². The lowest BCUT2D eigenvalue weighted by Gasteiger charge is -2.17. The van der Waals surface area contributed by atoms with Crippen LogP contribution in [-0.2, 0) is 6.42 Å². The molecule has 0 saturated heterocycles. The Hall–Kier alpha value is -3.51. The maximum atomic E-state index is 13.3. The highest BCUT2D eigenvalue weighted by Gasteiger charge is 2.13. The van der Waals surface area contributed by atoms with Gasteiger partial charge in [0.2, 0.25) is 0 Å². The third kappa shape index (κ3) is 4.50. The van der Waals surface area contributed by atoms with E-state index in [1.165, 1.54) is 12.1 Å². The van der Waals surface area contributed by atoms with Crippen molar-refractivity contribution in [3.63, 3.8) is 0 Å². The van der Waals surface area contributed by atoms with E-state index in [-0.39, 0.29) is 18.5 Å². The SMILES string of the molecule is OCC(Cc1ccccc1)Nc1cc(-c2cn[nH]c2-c2ccc(F)cc2)ccn1. The van der Waals surface area contributed by atoms with Crippen molar-refractivity contribution in [1.29, 1.82) is 0 Å². The quantitative estimate of drug-likeness (QED) is 0.441. The molecular formula is C23H21FN4O. The highest BCUT2D eigenvalue weighted by Crippen LogP contribution is 2.31. The van der Waals surface area contributed by atoms with Crippen molar-refractivity contribution >= 4 is 5.82 Å². The van der Waals surface area contributed by atoms with Gasteiger partial charge in [-0.25, -0.2) is 9.37 Å². The fourth-order valence-corrected chi connectivity index (χ4v) is 3.29. The Balaban J connectivity index is 1.56. The maximum absolute atomic E-state index is 13.3. The lowest BCUT2D eigenvalue weighted by molar-refractivity contribution is 0.273. The van der Waals surface area contributed by atoms with Gasteiger partial charge in [0.25, 0.3) is 0 Å². The van der Waals surface area contributed by atoms with Gasteiger partial charge in [0, 0.05) is 17.3 Å². The first kappa shape index (κ1) is 18.8. The van der Waals surface area contributed by atoms with Crippen LogP contribution in [0.25, 0.3) is 22.4 Å². The molecule has 2 aromatic carbocycles. The standard InChI is InChI=1S/C23H21FN4O/c24-19-8-6-17(7-9-19)23-21(14-26-28-23)18-10-11-25-22(13-18)27-20(15-29)12-16-4-2-1-3-5-16/h1-11,13-14,20,29H,12,15H2,(H,25,27)(H,26,28). The molecule has 4 aromatic rings. The van der Waals surface area contributed by atoms with Crippen LogP contribution in [0.15, 0.2) is 79.1 Å². The number of hydrogen-bond donors (Lipinski definition) is 3. The highest BCUT2D eigenvalue weighted by atomic mass is 19.1. The summed E-state index contributed by atoms with van der Waals surface area (Å²) >= 11 is 0. The molecule has 2 aromatic heterocycles. The lowest BCUT2D eigenvalue weighted by Crippen LogP contribution is -2.26. The molecule has 0 spiro atoms. The number of rotatable bonds is 7. The van der Waals surface area contributed by atoms with Crippen LogP contribution in [0.4, 0.5) is 10.2 Å². The maximum Gasteiger partial charge on any atom is 0.126 e. The van der Waals surface area contributed by atoms with Crippen LogP contribution in [-0.4, -0.2) is 32.9 Å². The smallest absolute Gasteiger partial charge is 0.126 e. The number of H-pyrrole nitrogens is 1. The van der Waals surface area contributed by atoms with Gasteiger partial charge < -0.3 is 10.4 Å². The summed E-state index contributed by atoms with van der Waals surface area (Å²) < 4.78 is 13.3. The number of aliphatic hydroxyl groups is 1. The fraction of sp³-hybridized carbons (Fsp3) is 0.130. The van der Waals surface area contributed by atoms with E-state index < -0.39 is 0 Å². The second-order valence-electron chi connectivity index (χ2n) is 6.81. The zero-order valence-electron chi connectivity index (χ0n) is 15.7. The van der Waals surface area contributed by atoms with Crippen molar-refractivity contribution in [3.05, 3.63) is 90.5 Å². The average Bonchev–Trinajstić information content (AvgIpc) is 3.25. The van der Waals surface area contributed by atoms with Crippen molar-refractivity contribution in [2.24, 2.45) is 0 Å². The van der Waals surface area contributed by atoms with E-state index in [2.05, 4.69) is 20.5 Å². The molecule has 2 heterocycles. The summed E-state index contributed by atoms with van der Waals surface area (Å²) in [6, 6.07) is 20.0. The number of nitrogens with zero attached hydrogens (tertiary/aromatic N) is 2. The van der Waals surface area contributed by atoms with E-state index in [4.69, 9.17) is 0 Å². The average molecular weight is 388 g/mol. The molecule has 146 valence electrons. The van der Waals surface area contributed by atoms with Crippen LogP contribution in [0, 0.1) is 5.82 Å². The minimum atomic E-state index is -0.279. The number of hydrogen-bond acceptors (Lipinski definition) is 4. The van der Waals surface area contributed by atoms with Crippen LogP contribution >= 0.6 is 0 Å². The normalized spacial score (nSPS) is 11.9. The first-order valence-electron chi connectivity index (χ1n) is 9.40. The molecule has 0 bridgehead atoms. The van der Waals surface area contributed by atoms with E-state index in [1.54, 1.807) is 24.5 Å². The summed E-state index contributed by atoms with van der Waals surface area (Å²) in [4.78, 5) is 4.39. The summed E-state index contributed by atoms with van der Waals surface area (Å²) in [5.41, 5.74) is 4.62. The zero-order chi connectivity index (χ0) is 20.1. The molecule has 4 rings (SSSR count). The van der Waals surface area contributed by atoms with Gasteiger partial charge in [-0.3, -0.25) is 5.10 Å². The third-order valence-corrected chi connectivity index (χ3v) is 4.74. The van der Waals surface area contributed by atoms with Crippen molar-refractivity contribution in [3.8, 4) is 22.4 Å². The van der Waals surface area contributed by atoms with Crippen LogP contribution in [0.5, 0.6) is 0 Å². The molecule has 1 atom stereocenters. The molecule has 0 amide bonds. The predicted molar refractivity (Wildman–Crippen MR) is 112 cm³/mol. The minimum Gasteiger partial charge on any atom is -0.394 e. The Morgan fingerprint density at radius 1 is 1.00 bits per heavy atom. The molecule has 0 saturated carbocycles. The van der Waals surface area contributed by atoms with Gasteiger partial charge in [-0.1, -0.05) is 30.3 Å². The number of pyridine rings is 1. The summed E-state index contributed by atoms with van der Waals surface area (Å²) in [5, 5.41) is 20.2. The summed E-state index contributed by atoms with van der Waals surface area (Å²) in [6.45, 7) is -0.00661. The largest absolute Gasteiger partial charge is 0.394 e. The highest BCUT2D eigenvalue weighted by molar-refractivity contribution is 5.81. The van der Waals surface area contributed by atoms with Gasteiger partial charge in [-0.2, -0.15) is 5.10 Å². The van der Waals surface area contributed by atoms with Crippen LogP contribution < -0.4 is 5.32 Å². The van der Waals surface area contributed by atoms with Gasteiger partial charge in [-0.15, -0.1) is 0 Å². The Labute approximate surface area is 168 Å². The molecule has 6 heteroatoms. The first-order valence-corrected chi connectivity index (χ1v) is 9.40. The van der Waals surface area contributed by atoms with Crippen molar-refractivity contribution < 1.29 is 9.50 Å². The van der Waals surface area contributed by atoms with Gasteiger partial charge >= 0.3 is 0 Å². The molecular weight excluding hydrogens is 367 g/mol. The molecule has 5 nitrogen and oxygen atoms in total. The number of benzene rings is 2. The second kappa shape index (κ2) is 8.67. The number of aromatic nitrogens is 3. The zero-order valence-corrected chi connectivity index (χ0v) is 15.7. The van der Waals surface area contributed by atoms with Gasteiger partial charge in [-0.05, 0) is 53.9 Å². The number of anilines is 1. The molecule has 3 N–H and O–H groups in total. The third-order valence-electron chi connectivity index (χ3n) is 4.74. The number of aliphatic hydroxyl groups excluding tert-OH is 1. The van der Waals surface area contributed by atoms with E-state index in [0.717, 1.165) is 27.9 Å². The Morgan fingerprint density at radius 2 is 1.79 bits per heavy atom. The molecule has 0 aliphatic carbocycles. The molecule has 0 fully saturated rings. The van der Waals surface area contributed by atoms with Crippen molar-refractivity contribution in [2.75, 3.05) is 11.9 Å². The molecule has 0 radical (unpaired) electrons. The second-order valence-corrected chi connectivity index (χ2v) is 6.81. The van der Waals surface area contributed by atoms with Gasteiger partial charge in [0.1, 0.15) is 11.6 Å². The number of nitrogens with one attached hydrogen (secondary N) is 2. The van der Waals surface area contributed by atoms with Gasteiger partial charge in [0.05, 0.1) is 24.5 Å². The Bertz CT molecular complexity index is 1060. The van der Waals surface area contributed by atoms with Crippen LogP contribution in [0.3, 0.4) is 0 Å². The monoisotopic (exact) mass is 388 g/mol. The lowest BCUT2D eigenvalue weighted by atomic mass is 10.0. The van der Waals surface area contributed by atoms with Crippen LogP contribution in [0.1, 0.15) is 5.56 Å². The van der Waals surface area contributed by atoms with Crippen molar-refractivity contribution in [1.82, 2.24) is 15.2 Å². The first-order chi connectivity index (χ1) is 14.2. The molecule has 0 aliphatic heterocycles. The number of aromatic amines is 1. The topological polar surface area (TPSA) is 73.8 Å². The fourth-order valence-electron chi connectivity index (χ4n) is 3.29. The Morgan fingerprint density at radius 3 is 2.55 bits per heavy atom. The van der Waals surface area contributed by atoms with E-state index in [0.29, 0.717) is 12.2 Å². The Kier molecular flexibility index (Phi) is 5.63. The summed E-state index contributed by atoms with van der Waals surface area (Å²) in [6.07, 6.45) is 4.15. The molecule has 29 heavy (non-hydrogen) atoms. The van der Waals surface area contributed by atoms with E-state index in [1.807, 2.05) is 42.5 Å². The minimum absolute atomic E-state index is 0.00661. The van der Waals surface area contributed by atoms with Crippen molar-refractivity contribution in [2.45, 2.75) is 12.5 Å². The summed E-state index contributed by atoms with van der Waals surface area (Å²) in [7, 11) is 0. The van der Waals surface area contributed by atoms with E-state index >= 15 is 0 Å². The number of halogens is 1. The molecule has 1 unspecified atom stereocenters. The summed E-state index contributed by atoms with van der Waals surface area (Å²) in [5.74, 6) is 0.391.